The normalized spacial score (nSPS) is 26.6. The molecule has 3 nitrogen and oxygen atoms in total. The highest BCUT2D eigenvalue weighted by molar-refractivity contribution is 9.09. The predicted molar refractivity (Wildman–Crippen MR) is 67.8 cm³/mol. The minimum atomic E-state index is -0.0105. The fraction of sp³-hybridized carbons (Fsp3) is 0.250. The van der Waals surface area contributed by atoms with Crippen LogP contribution in [0.5, 0.6) is 0 Å². The molecule has 1 N–H and O–H groups in total. The van der Waals surface area contributed by atoms with E-state index in [0.29, 0.717) is 6.04 Å². The van der Waals surface area contributed by atoms with Gasteiger partial charge in [-0.3, -0.25) is 0 Å². The quantitative estimate of drug-likeness (QED) is 0.787. The molecule has 1 heterocycles. The molecule has 3 rings (SSSR count). The lowest BCUT2D eigenvalue weighted by Gasteiger charge is -2.20. The summed E-state index contributed by atoms with van der Waals surface area (Å²) >= 11 is 3.50. The third-order valence-corrected chi connectivity index (χ3v) is 3.89. The number of amides is 2. The predicted octanol–water partition coefficient (Wildman–Crippen LogP) is 3.16. The Kier molecular flexibility index (Phi) is 2.16. The SMILES string of the molecule is O=C(NC1CC1)[N@+]1(Br)C=Cc2ccccc21. The molecule has 0 spiro atoms. The molecule has 1 fully saturated rings. The third kappa shape index (κ3) is 1.49. The van der Waals surface area contributed by atoms with E-state index in [4.69, 9.17) is 0 Å². The zero-order valence-electron chi connectivity index (χ0n) is 8.69. The summed E-state index contributed by atoms with van der Waals surface area (Å²) in [4.78, 5) is 12.1. The first-order chi connectivity index (χ1) is 7.70. The summed E-state index contributed by atoms with van der Waals surface area (Å²) in [6.07, 6.45) is 6.03. The fourth-order valence-electron chi connectivity index (χ4n) is 1.86. The number of carbonyl (C=O) groups excluding carboxylic acids is 1. The van der Waals surface area contributed by atoms with Crippen LogP contribution in [0, 0.1) is 0 Å². The first-order valence-corrected chi connectivity index (χ1v) is 6.09. The van der Waals surface area contributed by atoms with E-state index in [1.807, 2.05) is 36.5 Å². The molecule has 1 aliphatic heterocycles. The minimum absolute atomic E-state index is 0.0105. The van der Waals surface area contributed by atoms with Crippen LogP contribution in [0.3, 0.4) is 0 Å². The van der Waals surface area contributed by atoms with Gasteiger partial charge in [0.1, 0.15) is 6.20 Å². The number of benzene rings is 1. The molecule has 1 aliphatic carbocycles. The number of fused-ring (bicyclic) bond motifs is 1. The van der Waals surface area contributed by atoms with Gasteiger partial charge in [0.25, 0.3) is 0 Å². The number of hydrogen-bond donors (Lipinski definition) is 1. The van der Waals surface area contributed by atoms with Crippen LogP contribution < -0.4 is 8.83 Å². The Balaban J connectivity index is 1.94. The summed E-state index contributed by atoms with van der Waals surface area (Å²) in [6, 6.07) is 8.27. The van der Waals surface area contributed by atoms with Gasteiger partial charge in [-0.05, 0) is 18.9 Å². The van der Waals surface area contributed by atoms with Crippen molar-refractivity contribution < 1.29 is 4.79 Å². The van der Waals surface area contributed by atoms with Crippen molar-refractivity contribution in [2.24, 2.45) is 0 Å². The maximum absolute atomic E-state index is 12.1. The Morgan fingerprint density at radius 1 is 1.38 bits per heavy atom. The molecule has 1 aromatic carbocycles. The van der Waals surface area contributed by atoms with Gasteiger partial charge in [0.15, 0.2) is 5.69 Å². The van der Waals surface area contributed by atoms with Crippen LogP contribution in [0.2, 0.25) is 0 Å². The summed E-state index contributed by atoms with van der Waals surface area (Å²) in [7, 11) is 0. The Morgan fingerprint density at radius 3 is 2.88 bits per heavy atom. The Bertz CT molecular complexity index is 482. The second-order valence-corrected chi connectivity index (χ2v) is 5.35. The smallest absolute Gasteiger partial charge is 0.301 e. The summed E-state index contributed by atoms with van der Waals surface area (Å²) < 4.78 is 0.0552. The van der Waals surface area contributed by atoms with Gasteiger partial charge in [0, 0.05) is 23.7 Å². The lowest BCUT2D eigenvalue weighted by atomic mass is 10.2. The number of para-hydroxylation sites is 1. The van der Waals surface area contributed by atoms with E-state index >= 15 is 0 Å². The monoisotopic (exact) mass is 279 g/mol. The van der Waals surface area contributed by atoms with Crippen LogP contribution in [-0.4, -0.2) is 12.1 Å². The molecule has 82 valence electrons. The Labute approximate surface area is 103 Å². The summed E-state index contributed by atoms with van der Waals surface area (Å²) in [6.45, 7) is 0. The van der Waals surface area contributed by atoms with E-state index in [9.17, 15) is 4.79 Å². The molecule has 4 heteroatoms. The van der Waals surface area contributed by atoms with Crippen molar-refractivity contribution in [3.8, 4) is 0 Å². The zero-order chi connectivity index (χ0) is 11.2. The van der Waals surface area contributed by atoms with Crippen LogP contribution >= 0.6 is 16.1 Å². The number of urea groups is 1. The van der Waals surface area contributed by atoms with Crippen molar-refractivity contribution in [2.45, 2.75) is 18.9 Å². The summed E-state index contributed by atoms with van der Waals surface area (Å²) in [5.41, 5.74) is 2.06. The highest BCUT2D eigenvalue weighted by Crippen LogP contribution is 2.39. The summed E-state index contributed by atoms with van der Waals surface area (Å²) in [5, 5.41) is 3.01. The van der Waals surface area contributed by atoms with Gasteiger partial charge in [0.2, 0.25) is 16.1 Å². The topological polar surface area (TPSA) is 29.1 Å². The summed E-state index contributed by atoms with van der Waals surface area (Å²) in [5.74, 6) is 0. The standard InChI is InChI=1S/C12H11BrN2O/c13-15(12(16)14-10-5-6-10)8-7-9-3-1-2-4-11(9)15/h1-4,7-8,10H,5-6H2/p+1/t15-/m0/s1. The van der Waals surface area contributed by atoms with Crippen LogP contribution in [0.1, 0.15) is 18.4 Å². The molecule has 0 bridgehead atoms. The van der Waals surface area contributed by atoms with E-state index in [0.717, 1.165) is 24.1 Å². The second kappa shape index (κ2) is 3.43. The second-order valence-electron chi connectivity index (χ2n) is 4.23. The number of hydrogen-bond acceptors (Lipinski definition) is 1. The molecule has 1 saturated carbocycles. The molecule has 1 atom stereocenters. The van der Waals surface area contributed by atoms with Crippen molar-refractivity contribution in [1.29, 1.82) is 0 Å². The lowest BCUT2D eigenvalue weighted by Crippen LogP contribution is -2.46. The first kappa shape index (κ1) is 10.1. The van der Waals surface area contributed by atoms with Crippen LogP contribution in [0.4, 0.5) is 10.5 Å². The molecule has 16 heavy (non-hydrogen) atoms. The molecule has 2 amide bonds. The van der Waals surface area contributed by atoms with Crippen molar-refractivity contribution in [3.05, 3.63) is 36.0 Å². The molecule has 0 radical (unpaired) electrons. The molecule has 0 unspecified atom stereocenters. The molecular formula is C12H12BrN2O+. The zero-order valence-corrected chi connectivity index (χ0v) is 10.3. The maximum Gasteiger partial charge on any atom is 0.436 e. The maximum atomic E-state index is 12.1. The van der Waals surface area contributed by atoms with E-state index in [2.05, 4.69) is 21.5 Å². The molecule has 0 saturated heterocycles. The highest BCUT2D eigenvalue weighted by atomic mass is 79.9. The average Bonchev–Trinajstić information content (AvgIpc) is 3.04. The van der Waals surface area contributed by atoms with Gasteiger partial charge in [-0.2, -0.15) is 0 Å². The van der Waals surface area contributed by atoms with Gasteiger partial charge < -0.3 is 5.32 Å². The van der Waals surface area contributed by atoms with Crippen molar-refractivity contribution in [3.63, 3.8) is 0 Å². The van der Waals surface area contributed by atoms with E-state index in [-0.39, 0.29) is 9.54 Å². The van der Waals surface area contributed by atoms with Gasteiger partial charge >= 0.3 is 6.03 Å². The van der Waals surface area contributed by atoms with Gasteiger partial charge in [-0.1, -0.05) is 12.1 Å². The third-order valence-electron chi connectivity index (χ3n) is 2.95. The molecular weight excluding hydrogens is 268 g/mol. The van der Waals surface area contributed by atoms with Crippen LogP contribution in [0.25, 0.3) is 6.08 Å². The molecule has 1 aromatic rings. The number of carbonyl (C=O) groups is 1. The lowest BCUT2D eigenvalue weighted by molar-refractivity contribution is 0.234. The highest BCUT2D eigenvalue weighted by Gasteiger charge is 2.43. The molecule has 0 aromatic heterocycles. The van der Waals surface area contributed by atoms with Crippen molar-refractivity contribution >= 4 is 33.9 Å². The van der Waals surface area contributed by atoms with Gasteiger partial charge in [-0.15, -0.1) is 3.51 Å². The van der Waals surface area contributed by atoms with Crippen molar-refractivity contribution in [2.75, 3.05) is 0 Å². The average molecular weight is 280 g/mol. The van der Waals surface area contributed by atoms with Crippen molar-refractivity contribution in [1.82, 2.24) is 8.83 Å². The molecule has 2 aliphatic rings. The van der Waals surface area contributed by atoms with Crippen LogP contribution in [-0.2, 0) is 0 Å². The number of rotatable bonds is 1. The number of nitrogens with one attached hydrogen (secondary N) is 1. The largest absolute Gasteiger partial charge is 0.436 e. The Morgan fingerprint density at radius 2 is 2.12 bits per heavy atom. The van der Waals surface area contributed by atoms with Gasteiger partial charge in [-0.25, -0.2) is 4.79 Å². The van der Waals surface area contributed by atoms with E-state index in [1.54, 1.807) is 0 Å². The first-order valence-electron chi connectivity index (χ1n) is 5.38. The Hall–Kier alpha value is -1.13. The van der Waals surface area contributed by atoms with E-state index in [1.165, 1.54) is 0 Å². The van der Waals surface area contributed by atoms with E-state index < -0.39 is 0 Å². The number of quaternary nitrogens is 1. The van der Waals surface area contributed by atoms with Gasteiger partial charge in [0.05, 0.1) is 0 Å². The minimum Gasteiger partial charge on any atom is -0.301 e. The number of nitrogens with zero attached hydrogens (tertiary/aromatic N) is 1. The fourth-order valence-corrected chi connectivity index (χ4v) is 2.41. The van der Waals surface area contributed by atoms with Crippen LogP contribution in [0.15, 0.2) is 30.5 Å². The number of halogens is 1.